The van der Waals surface area contributed by atoms with E-state index in [1.54, 1.807) is 36.5 Å². The van der Waals surface area contributed by atoms with E-state index in [0.29, 0.717) is 16.9 Å². The molecule has 4 aromatic rings. The number of carbonyl (C=O) groups excluding carboxylic acids is 1. The summed E-state index contributed by atoms with van der Waals surface area (Å²) in [6.45, 7) is 0. The first-order valence-electron chi connectivity index (χ1n) is 7.62. The SMILES string of the molecule is O=C(Nc1cccc2cccnc12)c1nn(-c2ccccc2)c(=O)[nH]1. The highest BCUT2D eigenvalue weighted by Crippen LogP contribution is 2.20. The van der Waals surface area contributed by atoms with E-state index < -0.39 is 11.6 Å². The van der Waals surface area contributed by atoms with Crippen molar-refractivity contribution >= 4 is 22.5 Å². The highest BCUT2D eigenvalue weighted by Gasteiger charge is 2.15. The van der Waals surface area contributed by atoms with Gasteiger partial charge in [0.15, 0.2) is 0 Å². The zero-order valence-corrected chi connectivity index (χ0v) is 13.0. The molecule has 7 heteroatoms. The van der Waals surface area contributed by atoms with Crippen molar-refractivity contribution in [1.29, 1.82) is 0 Å². The number of aromatic amines is 1. The molecule has 2 aromatic carbocycles. The molecule has 0 saturated heterocycles. The molecule has 122 valence electrons. The maximum atomic E-state index is 12.5. The minimum atomic E-state index is -0.509. The summed E-state index contributed by atoms with van der Waals surface area (Å²) in [6.07, 6.45) is 1.66. The maximum absolute atomic E-state index is 12.5. The summed E-state index contributed by atoms with van der Waals surface area (Å²) in [5, 5.41) is 7.72. The fraction of sp³-hybridized carbons (Fsp3) is 0. The van der Waals surface area contributed by atoms with Gasteiger partial charge in [0.2, 0.25) is 5.82 Å². The van der Waals surface area contributed by atoms with Crippen LogP contribution in [0.5, 0.6) is 0 Å². The molecule has 0 radical (unpaired) electrons. The second-order valence-electron chi connectivity index (χ2n) is 5.36. The summed E-state index contributed by atoms with van der Waals surface area (Å²) in [5.41, 5.74) is 1.32. The van der Waals surface area contributed by atoms with Gasteiger partial charge in [0, 0.05) is 11.6 Å². The third kappa shape index (κ3) is 2.78. The number of nitrogens with one attached hydrogen (secondary N) is 2. The van der Waals surface area contributed by atoms with Crippen LogP contribution < -0.4 is 11.0 Å². The summed E-state index contributed by atoms with van der Waals surface area (Å²) in [6, 6.07) is 18.1. The van der Waals surface area contributed by atoms with Crippen LogP contribution in [0, 0.1) is 0 Å². The van der Waals surface area contributed by atoms with Crippen molar-refractivity contribution in [3.05, 3.63) is 83.2 Å². The van der Waals surface area contributed by atoms with E-state index in [1.807, 2.05) is 30.3 Å². The Balaban J connectivity index is 1.67. The molecule has 25 heavy (non-hydrogen) atoms. The number of nitrogens with zero attached hydrogens (tertiary/aromatic N) is 3. The van der Waals surface area contributed by atoms with Gasteiger partial charge in [-0.15, -0.1) is 5.10 Å². The number of anilines is 1. The number of carbonyl (C=O) groups is 1. The van der Waals surface area contributed by atoms with Gasteiger partial charge in [-0.25, -0.2) is 4.79 Å². The Morgan fingerprint density at radius 1 is 1.00 bits per heavy atom. The molecule has 0 atom stereocenters. The fourth-order valence-corrected chi connectivity index (χ4v) is 2.56. The molecule has 0 bridgehead atoms. The van der Waals surface area contributed by atoms with Gasteiger partial charge in [-0.2, -0.15) is 4.68 Å². The molecule has 0 spiro atoms. The lowest BCUT2D eigenvalue weighted by Crippen LogP contribution is -2.16. The first-order valence-corrected chi connectivity index (χ1v) is 7.62. The molecule has 4 rings (SSSR count). The number of pyridine rings is 1. The molecule has 0 aliphatic rings. The highest BCUT2D eigenvalue weighted by molar-refractivity contribution is 6.06. The highest BCUT2D eigenvalue weighted by atomic mass is 16.2. The molecule has 0 fully saturated rings. The van der Waals surface area contributed by atoms with Crippen molar-refractivity contribution in [3.8, 4) is 5.69 Å². The van der Waals surface area contributed by atoms with Crippen LogP contribution in [0.25, 0.3) is 16.6 Å². The Morgan fingerprint density at radius 3 is 2.64 bits per heavy atom. The first kappa shape index (κ1) is 14.8. The van der Waals surface area contributed by atoms with Crippen LogP contribution in [-0.4, -0.2) is 25.7 Å². The molecule has 1 amide bonds. The van der Waals surface area contributed by atoms with E-state index in [1.165, 1.54) is 0 Å². The number of para-hydroxylation sites is 2. The number of H-pyrrole nitrogens is 1. The van der Waals surface area contributed by atoms with Crippen LogP contribution in [0.15, 0.2) is 71.7 Å². The normalized spacial score (nSPS) is 10.7. The number of aromatic nitrogens is 4. The Bertz CT molecular complexity index is 1110. The summed E-state index contributed by atoms with van der Waals surface area (Å²) in [5.74, 6) is -0.577. The minimum Gasteiger partial charge on any atom is -0.317 e. The second kappa shape index (κ2) is 6.04. The van der Waals surface area contributed by atoms with Gasteiger partial charge in [0.25, 0.3) is 5.91 Å². The monoisotopic (exact) mass is 331 g/mol. The topological polar surface area (TPSA) is 92.7 Å². The summed E-state index contributed by atoms with van der Waals surface area (Å²) >= 11 is 0. The van der Waals surface area contributed by atoms with Gasteiger partial charge in [-0.1, -0.05) is 36.4 Å². The molecule has 0 aliphatic heterocycles. The van der Waals surface area contributed by atoms with Gasteiger partial charge in [-0.05, 0) is 24.3 Å². The molecule has 2 N–H and O–H groups in total. The van der Waals surface area contributed by atoms with Crippen molar-refractivity contribution in [1.82, 2.24) is 19.7 Å². The smallest absolute Gasteiger partial charge is 0.317 e. The van der Waals surface area contributed by atoms with E-state index in [4.69, 9.17) is 0 Å². The average Bonchev–Trinajstić information content (AvgIpc) is 3.05. The number of hydrogen-bond donors (Lipinski definition) is 2. The largest absolute Gasteiger partial charge is 0.348 e. The van der Waals surface area contributed by atoms with Crippen LogP contribution >= 0.6 is 0 Å². The van der Waals surface area contributed by atoms with Gasteiger partial charge in [0.05, 0.1) is 16.9 Å². The number of amides is 1. The maximum Gasteiger partial charge on any atom is 0.348 e. The third-order valence-corrected chi connectivity index (χ3v) is 3.71. The molecule has 2 aromatic heterocycles. The van der Waals surface area contributed by atoms with E-state index in [-0.39, 0.29) is 5.82 Å². The van der Waals surface area contributed by atoms with Crippen LogP contribution in [0.3, 0.4) is 0 Å². The van der Waals surface area contributed by atoms with E-state index in [0.717, 1.165) is 10.1 Å². The average molecular weight is 331 g/mol. The lowest BCUT2D eigenvalue weighted by molar-refractivity contribution is 0.101. The quantitative estimate of drug-likeness (QED) is 0.603. The molecule has 0 aliphatic carbocycles. The van der Waals surface area contributed by atoms with E-state index >= 15 is 0 Å². The minimum absolute atomic E-state index is 0.0678. The van der Waals surface area contributed by atoms with Crippen molar-refractivity contribution in [2.45, 2.75) is 0 Å². The fourth-order valence-electron chi connectivity index (χ4n) is 2.56. The van der Waals surface area contributed by atoms with Gasteiger partial charge in [0.1, 0.15) is 0 Å². The predicted octanol–water partition coefficient (Wildman–Crippen LogP) is 2.36. The summed E-state index contributed by atoms with van der Waals surface area (Å²) < 4.78 is 1.15. The predicted molar refractivity (Wildman–Crippen MR) is 93.9 cm³/mol. The van der Waals surface area contributed by atoms with Crippen molar-refractivity contribution in [2.75, 3.05) is 5.32 Å². The number of hydrogen-bond acceptors (Lipinski definition) is 4. The molecular formula is C18H13N5O2. The summed E-state index contributed by atoms with van der Waals surface area (Å²) in [4.78, 5) is 31.3. The first-order chi connectivity index (χ1) is 12.2. The van der Waals surface area contributed by atoms with Crippen LogP contribution in [0.1, 0.15) is 10.6 Å². The van der Waals surface area contributed by atoms with Crippen LogP contribution in [0.4, 0.5) is 5.69 Å². The number of fused-ring (bicyclic) bond motifs is 1. The van der Waals surface area contributed by atoms with Crippen molar-refractivity contribution in [2.24, 2.45) is 0 Å². The van der Waals surface area contributed by atoms with E-state index in [9.17, 15) is 9.59 Å². The molecular weight excluding hydrogens is 318 g/mol. The van der Waals surface area contributed by atoms with Crippen molar-refractivity contribution in [3.63, 3.8) is 0 Å². The van der Waals surface area contributed by atoms with Crippen LogP contribution in [-0.2, 0) is 0 Å². The number of rotatable bonds is 3. The second-order valence-corrected chi connectivity index (χ2v) is 5.36. The van der Waals surface area contributed by atoms with Gasteiger partial charge < -0.3 is 5.32 Å². The molecule has 7 nitrogen and oxygen atoms in total. The Kier molecular flexibility index (Phi) is 3.59. The van der Waals surface area contributed by atoms with Crippen molar-refractivity contribution < 1.29 is 4.79 Å². The molecule has 0 saturated carbocycles. The molecule has 2 heterocycles. The lowest BCUT2D eigenvalue weighted by Gasteiger charge is -2.06. The van der Waals surface area contributed by atoms with Crippen LogP contribution in [0.2, 0.25) is 0 Å². The Morgan fingerprint density at radius 2 is 1.80 bits per heavy atom. The van der Waals surface area contributed by atoms with Gasteiger partial charge in [-0.3, -0.25) is 14.8 Å². The zero-order chi connectivity index (χ0) is 17.2. The zero-order valence-electron chi connectivity index (χ0n) is 13.0. The third-order valence-electron chi connectivity index (χ3n) is 3.71. The summed E-state index contributed by atoms with van der Waals surface area (Å²) in [7, 11) is 0. The standard InChI is InChI=1S/C18H13N5O2/c24-17(20-14-10-4-6-12-7-5-11-19-15(12)14)16-21-18(25)23(22-16)13-8-2-1-3-9-13/h1-11H,(H,20,24)(H,21,22,25). The van der Waals surface area contributed by atoms with Gasteiger partial charge >= 0.3 is 5.69 Å². The Hall–Kier alpha value is -3.74. The molecule has 0 unspecified atom stereocenters. The van der Waals surface area contributed by atoms with E-state index in [2.05, 4.69) is 20.4 Å². The lowest BCUT2D eigenvalue weighted by atomic mass is 10.2. The Labute approximate surface area is 142 Å². The number of benzene rings is 2.